The predicted octanol–water partition coefficient (Wildman–Crippen LogP) is 8.38. The number of fused-ring (bicyclic) bond motifs is 1. The summed E-state index contributed by atoms with van der Waals surface area (Å²) in [6.45, 7) is 8.72. The molecule has 1 N–H and O–H groups in total. The maximum absolute atomic E-state index is 14.6. The number of amides is 1. The van der Waals surface area contributed by atoms with Gasteiger partial charge in [0.1, 0.15) is 5.82 Å². The Labute approximate surface area is 259 Å². The molecule has 43 heavy (non-hydrogen) atoms. The molecule has 3 aromatic carbocycles. The Balaban J connectivity index is 1.45. The topological polar surface area (TPSA) is 49.4 Å². The molecule has 0 radical (unpaired) electrons. The van der Waals surface area contributed by atoms with Crippen LogP contribution in [0.2, 0.25) is 5.02 Å². The molecule has 0 aromatic heterocycles. The van der Waals surface area contributed by atoms with Gasteiger partial charge in [-0.1, -0.05) is 66.2 Å². The van der Waals surface area contributed by atoms with E-state index >= 15 is 0 Å². The molecule has 0 spiro atoms. The maximum atomic E-state index is 14.6. The van der Waals surface area contributed by atoms with E-state index in [2.05, 4.69) is 31.0 Å². The fraction of sp³-hybridized carbons (Fsp3) is 0.405. The van der Waals surface area contributed by atoms with E-state index in [1.165, 1.54) is 12.1 Å². The Kier molecular flexibility index (Phi) is 8.32. The number of carbonyl (C=O) groups excluding carboxylic acids is 2. The van der Waals surface area contributed by atoms with Gasteiger partial charge in [0.05, 0.1) is 17.0 Å². The highest BCUT2D eigenvalue weighted by atomic mass is 35.5. The molecular formula is C37H40ClFN2O2. The maximum Gasteiger partial charge on any atom is 0.252 e. The minimum absolute atomic E-state index is 0.0608. The van der Waals surface area contributed by atoms with Gasteiger partial charge in [0.2, 0.25) is 0 Å². The Morgan fingerprint density at radius 3 is 2.33 bits per heavy atom. The van der Waals surface area contributed by atoms with Crippen LogP contribution in [0, 0.1) is 17.7 Å². The Bertz CT molecular complexity index is 1550. The third kappa shape index (κ3) is 6.21. The minimum Gasteiger partial charge on any atom is -0.345 e. The normalized spacial score (nSPS) is 20.6. The van der Waals surface area contributed by atoms with Gasteiger partial charge < -0.3 is 5.32 Å². The van der Waals surface area contributed by atoms with Crippen LogP contribution in [-0.4, -0.2) is 35.2 Å². The van der Waals surface area contributed by atoms with Crippen LogP contribution in [0.25, 0.3) is 5.57 Å². The summed E-state index contributed by atoms with van der Waals surface area (Å²) in [5.41, 5.74) is 4.16. The average Bonchev–Trinajstić information content (AvgIpc) is 3.82. The molecule has 6 rings (SSSR count). The zero-order valence-corrected chi connectivity index (χ0v) is 26.0. The van der Waals surface area contributed by atoms with E-state index in [1.54, 1.807) is 12.1 Å². The van der Waals surface area contributed by atoms with Crippen molar-refractivity contribution in [2.24, 2.45) is 11.8 Å². The van der Waals surface area contributed by atoms with Crippen molar-refractivity contribution in [1.29, 1.82) is 0 Å². The second kappa shape index (κ2) is 12.0. The van der Waals surface area contributed by atoms with Crippen LogP contribution in [0.3, 0.4) is 0 Å². The van der Waals surface area contributed by atoms with Crippen LogP contribution in [0.5, 0.6) is 0 Å². The van der Waals surface area contributed by atoms with E-state index in [0.717, 1.165) is 55.5 Å². The highest BCUT2D eigenvalue weighted by Gasteiger charge is 2.42. The molecule has 3 aromatic rings. The van der Waals surface area contributed by atoms with Crippen LogP contribution >= 0.6 is 11.6 Å². The number of carbonyl (C=O) groups is 2. The van der Waals surface area contributed by atoms with Crippen molar-refractivity contribution < 1.29 is 14.0 Å². The largest absolute Gasteiger partial charge is 0.345 e. The molecule has 4 nitrogen and oxygen atoms in total. The monoisotopic (exact) mass is 598 g/mol. The van der Waals surface area contributed by atoms with Gasteiger partial charge in [0.15, 0.2) is 5.78 Å². The third-order valence-electron chi connectivity index (χ3n) is 9.48. The number of allylic oxidation sites excluding steroid dienone is 1. The number of hydrogen-bond donors (Lipinski definition) is 1. The lowest BCUT2D eigenvalue weighted by atomic mass is 9.70. The van der Waals surface area contributed by atoms with Crippen molar-refractivity contribution in [3.05, 3.63) is 111 Å². The van der Waals surface area contributed by atoms with Gasteiger partial charge in [-0.05, 0) is 118 Å². The number of hydrogen-bond acceptors (Lipinski definition) is 3. The van der Waals surface area contributed by atoms with E-state index in [1.807, 2.05) is 48.5 Å². The number of rotatable bonds is 7. The summed E-state index contributed by atoms with van der Waals surface area (Å²) in [5.74, 6) is -0.592. The van der Waals surface area contributed by atoms with E-state index in [9.17, 15) is 14.0 Å². The van der Waals surface area contributed by atoms with Crippen LogP contribution < -0.4 is 5.32 Å². The zero-order valence-electron chi connectivity index (χ0n) is 25.2. The predicted molar refractivity (Wildman–Crippen MR) is 171 cm³/mol. The van der Waals surface area contributed by atoms with Crippen LogP contribution in [0.15, 0.2) is 78.4 Å². The summed E-state index contributed by atoms with van der Waals surface area (Å²) in [7, 11) is 0. The highest BCUT2D eigenvalue weighted by Crippen LogP contribution is 2.47. The number of likely N-dealkylation sites (tertiary alicyclic amines) is 1. The van der Waals surface area contributed by atoms with Gasteiger partial charge in [0.25, 0.3) is 5.91 Å². The summed E-state index contributed by atoms with van der Waals surface area (Å²) in [4.78, 5) is 31.4. The lowest BCUT2D eigenvalue weighted by Gasteiger charge is -2.42. The first-order valence-corrected chi connectivity index (χ1v) is 15.9. The SMILES string of the molecule is CC(C)(C)N1CCC(CC2=C(C(=O)N[C@H](c3cccc(F)c3)C3CC3)c3cccc(Cl)c3C(=O)C2c2ccccc2)CC1. The molecule has 2 fully saturated rings. The first-order chi connectivity index (χ1) is 20.6. The van der Waals surface area contributed by atoms with E-state index in [4.69, 9.17) is 11.6 Å². The number of benzene rings is 3. The number of halogens is 2. The van der Waals surface area contributed by atoms with E-state index in [-0.39, 0.29) is 35.0 Å². The highest BCUT2D eigenvalue weighted by molar-refractivity contribution is 6.37. The first kappa shape index (κ1) is 29.8. The second-order valence-electron chi connectivity index (χ2n) is 13.4. The Hall–Kier alpha value is -3.28. The van der Waals surface area contributed by atoms with Crippen molar-refractivity contribution in [2.45, 2.75) is 70.4 Å². The van der Waals surface area contributed by atoms with Crippen molar-refractivity contribution in [3.63, 3.8) is 0 Å². The number of nitrogens with zero attached hydrogens (tertiary/aromatic N) is 1. The third-order valence-corrected chi connectivity index (χ3v) is 9.80. The second-order valence-corrected chi connectivity index (χ2v) is 13.8. The number of Topliss-reactive ketones (excluding diaryl/α,β-unsaturated/α-hetero) is 1. The molecule has 1 saturated carbocycles. The van der Waals surface area contributed by atoms with Crippen molar-refractivity contribution in [3.8, 4) is 0 Å². The summed E-state index contributed by atoms with van der Waals surface area (Å²) in [5, 5.41) is 3.66. The lowest BCUT2D eigenvalue weighted by molar-refractivity contribution is -0.116. The number of nitrogens with one attached hydrogen (secondary N) is 1. The molecule has 1 saturated heterocycles. The quantitative estimate of drug-likeness (QED) is 0.297. The van der Waals surface area contributed by atoms with Gasteiger partial charge >= 0.3 is 0 Å². The van der Waals surface area contributed by atoms with Gasteiger partial charge in [-0.3, -0.25) is 14.5 Å². The molecule has 0 bridgehead atoms. The fourth-order valence-corrected chi connectivity index (χ4v) is 7.29. The Morgan fingerprint density at radius 1 is 0.977 bits per heavy atom. The molecule has 6 heteroatoms. The molecule has 1 aliphatic heterocycles. The summed E-state index contributed by atoms with van der Waals surface area (Å²) >= 11 is 6.72. The Morgan fingerprint density at radius 2 is 1.67 bits per heavy atom. The van der Waals surface area contributed by atoms with Crippen LogP contribution in [0.1, 0.15) is 91.9 Å². The van der Waals surface area contributed by atoms with Gasteiger partial charge in [-0.15, -0.1) is 0 Å². The molecule has 2 aliphatic carbocycles. The summed E-state index contributed by atoms with van der Waals surface area (Å²) in [6, 6.07) is 21.4. The number of ketones is 1. The average molecular weight is 599 g/mol. The zero-order chi connectivity index (χ0) is 30.3. The standard InChI is InChI=1S/C37H40ClFN2O2/c1-37(2,3)41-19-17-23(18-20-41)21-29-31(24-9-5-4-6-10-24)35(42)33-28(13-8-14-30(33)38)32(29)36(43)40-34(25-15-16-25)26-11-7-12-27(39)22-26/h4-14,22-23,25,31,34H,15-21H2,1-3H3,(H,40,43)/t31?,34-/m0/s1. The van der Waals surface area contributed by atoms with Gasteiger partial charge in [0, 0.05) is 16.7 Å². The molecule has 3 aliphatic rings. The lowest BCUT2D eigenvalue weighted by Crippen LogP contribution is -2.46. The van der Waals surface area contributed by atoms with Crippen molar-refractivity contribution in [2.75, 3.05) is 13.1 Å². The van der Waals surface area contributed by atoms with E-state index in [0.29, 0.717) is 34.1 Å². The van der Waals surface area contributed by atoms with E-state index < -0.39 is 5.92 Å². The fourth-order valence-electron chi connectivity index (χ4n) is 7.02. The molecular weight excluding hydrogens is 559 g/mol. The number of piperidine rings is 1. The minimum atomic E-state index is -0.594. The van der Waals surface area contributed by atoms with Crippen LogP contribution in [-0.2, 0) is 4.79 Å². The first-order valence-electron chi connectivity index (χ1n) is 15.5. The summed E-state index contributed by atoms with van der Waals surface area (Å²) < 4.78 is 14.3. The van der Waals surface area contributed by atoms with Crippen molar-refractivity contribution >= 4 is 28.9 Å². The van der Waals surface area contributed by atoms with Gasteiger partial charge in [-0.2, -0.15) is 0 Å². The molecule has 1 amide bonds. The summed E-state index contributed by atoms with van der Waals surface area (Å²) in [6.07, 6.45) is 4.62. The molecule has 1 heterocycles. The van der Waals surface area contributed by atoms with Gasteiger partial charge in [-0.25, -0.2) is 4.39 Å². The molecule has 2 atom stereocenters. The van der Waals surface area contributed by atoms with Crippen molar-refractivity contribution in [1.82, 2.24) is 10.2 Å². The molecule has 1 unspecified atom stereocenters. The smallest absolute Gasteiger partial charge is 0.252 e. The van der Waals surface area contributed by atoms with Crippen LogP contribution in [0.4, 0.5) is 4.39 Å². The molecule has 224 valence electrons.